The summed E-state index contributed by atoms with van der Waals surface area (Å²) in [6.45, 7) is 6.10. The molecule has 2 fully saturated rings. The fraction of sp³-hybridized carbons (Fsp3) is 0.464. The van der Waals surface area contributed by atoms with Crippen molar-refractivity contribution in [2.24, 2.45) is 5.92 Å². The molecular weight excluding hydrogens is 496 g/mol. The zero-order chi connectivity index (χ0) is 27.1. The number of hydrogen-bond acceptors (Lipinski definition) is 7. The van der Waals surface area contributed by atoms with Crippen molar-refractivity contribution in [3.8, 4) is 0 Å². The molecule has 2 amide bonds. The summed E-state index contributed by atoms with van der Waals surface area (Å²) in [5, 5.41) is 13.5. The van der Waals surface area contributed by atoms with Crippen molar-refractivity contribution in [1.29, 1.82) is 0 Å². The number of aryl methyl sites for hydroxylation is 1. The van der Waals surface area contributed by atoms with E-state index in [2.05, 4.69) is 33.5 Å². The molecule has 5 heterocycles. The summed E-state index contributed by atoms with van der Waals surface area (Å²) in [5.41, 5.74) is 9.05. The highest BCUT2D eigenvalue weighted by Crippen LogP contribution is 2.36. The van der Waals surface area contributed by atoms with Crippen LogP contribution in [-0.2, 0) is 20.9 Å². The van der Waals surface area contributed by atoms with E-state index in [4.69, 9.17) is 10.5 Å². The number of hydrogen-bond donors (Lipinski definition) is 2. The van der Waals surface area contributed by atoms with Crippen LogP contribution in [0.1, 0.15) is 63.8 Å². The topological polar surface area (TPSA) is 133 Å². The van der Waals surface area contributed by atoms with Crippen LogP contribution in [0.15, 0.2) is 36.8 Å². The van der Waals surface area contributed by atoms with Gasteiger partial charge in [-0.05, 0) is 62.6 Å². The molecule has 3 atom stereocenters. The summed E-state index contributed by atoms with van der Waals surface area (Å²) in [6.07, 6.45) is 9.46. The molecule has 1 aromatic carbocycles. The van der Waals surface area contributed by atoms with Gasteiger partial charge in [-0.25, -0.2) is 9.67 Å². The maximum Gasteiger partial charge on any atom is 0.314 e. The highest BCUT2D eigenvalue weighted by atomic mass is 16.5. The van der Waals surface area contributed by atoms with Gasteiger partial charge in [-0.2, -0.15) is 10.2 Å². The minimum atomic E-state index is -0.709. The molecule has 0 spiro atoms. The van der Waals surface area contributed by atoms with Gasteiger partial charge in [0, 0.05) is 31.3 Å². The molecule has 11 heteroatoms. The number of benzene rings is 1. The van der Waals surface area contributed by atoms with E-state index in [-0.39, 0.29) is 12.3 Å². The van der Waals surface area contributed by atoms with Crippen molar-refractivity contribution in [2.45, 2.75) is 64.8 Å². The first-order valence-electron chi connectivity index (χ1n) is 13.7. The Hall–Kier alpha value is -3.99. The largest absolute Gasteiger partial charge is 0.383 e. The van der Waals surface area contributed by atoms with Crippen LogP contribution in [0, 0.1) is 5.92 Å². The van der Waals surface area contributed by atoms with Crippen molar-refractivity contribution < 1.29 is 14.3 Å². The monoisotopic (exact) mass is 530 g/mol. The third-order valence-electron chi connectivity index (χ3n) is 7.89. The lowest BCUT2D eigenvalue weighted by atomic mass is 9.89. The van der Waals surface area contributed by atoms with Gasteiger partial charge >= 0.3 is 11.8 Å². The number of amides is 2. The van der Waals surface area contributed by atoms with Crippen LogP contribution in [0.4, 0.5) is 11.5 Å². The predicted molar refractivity (Wildman–Crippen MR) is 148 cm³/mol. The average Bonchev–Trinajstić information content (AvgIpc) is 3.59. The van der Waals surface area contributed by atoms with Gasteiger partial charge in [-0.3, -0.25) is 14.3 Å². The third kappa shape index (κ3) is 4.71. The Labute approximate surface area is 226 Å². The Morgan fingerprint density at radius 1 is 1.18 bits per heavy atom. The lowest BCUT2D eigenvalue weighted by molar-refractivity contribution is -0.146. The molecule has 204 valence electrons. The van der Waals surface area contributed by atoms with E-state index in [9.17, 15) is 9.59 Å². The van der Waals surface area contributed by atoms with Crippen LogP contribution in [0.2, 0.25) is 0 Å². The van der Waals surface area contributed by atoms with Crippen molar-refractivity contribution in [2.75, 3.05) is 24.2 Å². The van der Waals surface area contributed by atoms with Crippen molar-refractivity contribution >= 4 is 45.1 Å². The van der Waals surface area contributed by atoms with E-state index in [1.54, 1.807) is 15.8 Å². The molecular formula is C28H34N8O3. The van der Waals surface area contributed by atoms with Crippen LogP contribution < -0.4 is 11.1 Å². The number of likely N-dealkylation sites (tertiary alicyclic amines) is 1. The average molecular weight is 531 g/mol. The lowest BCUT2D eigenvalue weighted by Gasteiger charge is -2.38. The van der Waals surface area contributed by atoms with Gasteiger partial charge in [0.25, 0.3) is 0 Å². The molecule has 4 aromatic rings. The first-order chi connectivity index (χ1) is 18.9. The highest BCUT2D eigenvalue weighted by Gasteiger charge is 2.35. The molecule has 6 rings (SSSR count). The summed E-state index contributed by atoms with van der Waals surface area (Å²) in [5.74, 6) is -0.678. The maximum atomic E-state index is 13.7. The molecule has 2 aliphatic rings. The number of aromatic nitrogens is 5. The van der Waals surface area contributed by atoms with Crippen molar-refractivity contribution in [1.82, 2.24) is 29.4 Å². The second-order valence-electron chi connectivity index (χ2n) is 10.6. The summed E-state index contributed by atoms with van der Waals surface area (Å²) in [7, 11) is 0. The number of nitrogens with one attached hydrogen (secondary N) is 1. The first kappa shape index (κ1) is 25.3. The fourth-order valence-electron chi connectivity index (χ4n) is 5.80. The molecule has 39 heavy (non-hydrogen) atoms. The number of ether oxygens (including phenoxy) is 1. The molecule has 2 saturated heterocycles. The second kappa shape index (κ2) is 10.3. The van der Waals surface area contributed by atoms with Crippen LogP contribution in [0.3, 0.4) is 0 Å². The van der Waals surface area contributed by atoms with Gasteiger partial charge in [-0.15, -0.1) is 0 Å². The molecule has 3 aromatic heterocycles. The fourth-order valence-corrected chi connectivity index (χ4v) is 5.80. The van der Waals surface area contributed by atoms with Gasteiger partial charge < -0.3 is 20.7 Å². The first-order valence-corrected chi connectivity index (χ1v) is 13.7. The van der Waals surface area contributed by atoms with Crippen LogP contribution in [-0.4, -0.2) is 54.4 Å². The number of anilines is 2. The van der Waals surface area contributed by atoms with Crippen molar-refractivity contribution in [3.63, 3.8) is 0 Å². The van der Waals surface area contributed by atoms with Gasteiger partial charge in [0.05, 0.1) is 35.0 Å². The Balaban J connectivity index is 1.29. The molecule has 2 aliphatic heterocycles. The number of piperidine rings is 1. The number of nitrogens with two attached hydrogens (primary N) is 1. The summed E-state index contributed by atoms with van der Waals surface area (Å²) >= 11 is 0. The lowest BCUT2D eigenvalue weighted by Crippen LogP contribution is -2.46. The van der Waals surface area contributed by atoms with E-state index in [0.29, 0.717) is 41.5 Å². The van der Waals surface area contributed by atoms with Gasteiger partial charge in [-0.1, -0.05) is 13.0 Å². The summed E-state index contributed by atoms with van der Waals surface area (Å²) < 4.78 is 9.57. The molecule has 3 N–H and O–H groups in total. The number of fused-ring (bicyclic) bond motifs is 2. The Morgan fingerprint density at radius 2 is 2.05 bits per heavy atom. The molecule has 0 saturated carbocycles. The Morgan fingerprint density at radius 3 is 2.85 bits per heavy atom. The zero-order valence-electron chi connectivity index (χ0n) is 22.3. The SMILES string of the molecule is CCn1cc2cc(C3CCC(C)CN3C(=O)C(=O)Nc3cnc(N)c4cnn(C5CCCCO5)c34)ccc2n1. The zero-order valence-corrected chi connectivity index (χ0v) is 22.3. The number of carbonyl (C=O) groups is 2. The molecule has 3 unspecified atom stereocenters. The van der Waals surface area contributed by atoms with Crippen LogP contribution >= 0.6 is 0 Å². The normalized spacial score (nSPS) is 21.9. The minimum Gasteiger partial charge on any atom is -0.383 e. The van der Waals surface area contributed by atoms with Gasteiger partial charge in [0.15, 0.2) is 6.23 Å². The van der Waals surface area contributed by atoms with E-state index in [1.165, 1.54) is 6.20 Å². The quantitative estimate of drug-likeness (QED) is 0.381. The Kier molecular flexibility index (Phi) is 6.68. The number of nitrogen functional groups attached to an aromatic ring is 1. The van der Waals surface area contributed by atoms with Gasteiger partial charge in [0.1, 0.15) is 11.3 Å². The smallest absolute Gasteiger partial charge is 0.314 e. The second-order valence-corrected chi connectivity index (χ2v) is 10.6. The van der Waals surface area contributed by atoms with Crippen LogP contribution in [0.25, 0.3) is 21.8 Å². The van der Waals surface area contributed by atoms with E-state index in [0.717, 1.165) is 55.1 Å². The Bertz CT molecular complexity index is 1540. The predicted octanol–water partition coefficient (Wildman–Crippen LogP) is 4.02. The number of carbonyl (C=O) groups excluding carboxylic acids is 2. The maximum absolute atomic E-state index is 13.7. The standard InChI is InChI=1S/C28H34N8O3/c1-3-34-16-19-12-18(8-9-21(19)33-34)23-10-7-17(2)15-35(23)28(38)27(37)32-22-14-30-26(29)20-13-31-36(25(20)22)24-6-4-5-11-39-24/h8-9,12-14,16-17,23-24H,3-7,10-11,15H2,1-2H3,(H2,29,30)(H,32,37). The molecule has 11 nitrogen and oxygen atoms in total. The molecule has 0 aliphatic carbocycles. The third-order valence-corrected chi connectivity index (χ3v) is 7.89. The summed E-state index contributed by atoms with van der Waals surface area (Å²) in [6, 6.07) is 5.90. The number of rotatable bonds is 4. The van der Waals surface area contributed by atoms with Crippen molar-refractivity contribution in [3.05, 3.63) is 42.4 Å². The van der Waals surface area contributed by atoms with E-state index < -0.39 is 11.8 Å². The van der Waals surface area contributed by atoms with Gasteiger partial charge in [0.2, 0.25) is 0 Å². The number of nitrogens with zero attached hydrogens (tertiary/aromatic N) is 6. The van der Waals surface area contributed by atoms with E-state index in [1.807, 2.05) is 29.9 Å². The molecule has 0 bridgehead atoms. The highest BCUT2D eigenvalue weighted by molar-refractivity contribution is 6.40. The number of pyridine rings is 1. The molecule has 0 radical (unpaired) electrons. The minimum absolute atomic E-state index is 0.195. The van der Waals surface area contributed by atoms with E-state index >= 15 is 0 Å². The van der Waals surface area contributed by atoms with Crippen LogP contribution in [0.5, 0.6) is 0 Å². The summed E-state index contributed by atoms with van der Waals surface area (Å²) in [4.78, 5) is 33.1.